The van der Waals surface area contributed by atoms with Crippen molar-refractivity contribution < 1.29 is 24.2 Å². The van der Waals surface area contributed by atoms with E-state index in [4.69, 9.17) is 4.42 Å². The number of carboxylic acids is 1. The van der Waals surface area contributed by atoms with Crippen LogP contribution < -0.4 is 11.1 Å². The van der Waals surface area contributed by atoms with Crippen LogP contribution in [0.2, 0.25) is 0 Å². The molecule has 3 N–H and O–H groups in total. The zero-order chi connectivity index (χ0) is 20.0. The number of aromatic nitrogens is 4. The van der Waals surface area contributed by atoms with Gasteiger partial charge in [0.15, 0.2) is 5.58 Å². The van der Waals surface area contributed by atoms with Crippen molar-refractivity contribution in [3.05, 3.63) is 58.0 Å². The van der Waals surface area contributed by atoms with Crippen molar-refractivity contribution in [3.8, 4) is 5.88 Å². The van der Waals surface area contributed by atoms with Crippen LogP contribution in [0, 0.1) is 0 Å². The molecule has 0 fully saturated rings. The monoisotopic (exact) mass is 383 g/mol. The van der Waals surface area contributed by atoms with Gasteiger partial charge in [-0.25, -0.2) is 24.0 Å². The topological polar surface area (TPSA) is 152 Å². The molecule has 0 aliphatic heterocycles. The van der Waals surface area contributed by atoms with Gasteiger partial charge in [-0.15, -0.1) is 0 Å². The molecule has 0 aliphatic carbocycles. The maximum atomic E-state index is 12.4. The zero-order valence-corrected chi connectivity index (χ0v) is 14.4. The van der Waals surface area contributed by atoms with E-state index in [0.29, 0.717) is 16.7 Å². The highest BCUT2D eigenvalue weighted by Gasteiger charge is 2.19. The number of nitrogens with zero attached hydrogens (tertiary/aromatic N) is 4. The SMILES string of the molecule is Cn1c(=O)oc2ccc(CNC(=O)c3cc(C(=O)O)n4c(O)cnc4n3)cc21. The van der Waals surface area contributed by atoms with Crippen molar-refractivity contribution in [3.63, 3.8) is 0 Å². The molecule has 1 aromatic carbocycles. The third-order valence-corrected chi connectivity index (χ3v) is 4.22. The number of hydrogen-bond donors (Lipinski definition) is 3. The van der Waals surface area contributed by atoms with Gasteiger partial charge in [-0.1, -0.05) is 6.07 Å². The highest BCUT2D eigenvalue weighted by molar-refractivity contribution is 5.96. The van der Waals surface area contributed by atoms with Crippen LogP contribution >= 0.6 is 0 Å². The smallest absolute Gasteiger partial charge is 0.419 e. The summed E-state index contributed by atoms with van der Waals surface area (Å²) in [6.07, 6.45) is 1.04. The fourth-order valence-electron chi connectivity index (χ4n) is 2.81. The molecule has 0 aliphatic rings. The number of aromatic hydroxyl groups is 1. The summed E-state index contributed by atoms with van der Waals surface area (Å²) in [7, 11) is 1.57. The number of carboxylic acid groups (broad SMARTS) is 1. The Morgan fingerprint density at radius 3 is 2.82 bits per heavy atom. The van der Waals surface area contributed by atoms with Crippen LogP contribution in [0.1, 0.15) is 26.5 Å². The van der Waals surface area contributed by atoms with E-state index in [0.717, 1.165) is 16.7 Å². The van der Waals surface area contributed by atoms with Crippen LogP contribution in [0.15, 0.2) is 39.7 Å². The predicted molar refractivity (Wildman–Crippen MR) is 94.2 cm³/mol. The van der Waals surface area contributed by atoms with Crippen molar-refractivity contribution in [2.45, 2.75) is 6.54 Å². The predicted octanol–water partition coefficient (Wildman–Crippen LogP) is 0.508. The minimum absolute atomic E-state index is 0.114. The highest BCUT2D eigenvalue weighted by Crippen LogP contribution is 2.17. The Bertz CT molecular complexity index is 1320. The number of hydrogen-bond acceptors (Lipinski definition) is 7. The van der Waals surface area contributed by atoms with Gasteiger partial charge in [-0.3, -0.25) is 9.36 Å². The Labute approximate surface area is 155 Å². The van der Waals surface area contributed by atoms with Gasteiger partial charge < -0.3 is 19.9 Å². The summed E-state index contributed by atoms with van der Waals surface area (Å²) in [5.74, 6) is -2.96. The number of carbonyl (C=O) groups excluding carboxylic acids is 1. The number of oxazole rings is 1. The summed E-state index contributed by atoms with van der Waals surface area (Å²) >= 11 is 0. The lowest BCUT2D eigenvalue weighted by atomic mass is 10.2. The molecule has 11 heteroatoms. The van der Waals surface area contributed by atoms with Crippen molar-refractivity contribution in [2.24, 2.45) is 7.05 Å². The van der Waals surface area contributed by atoms with E-state index in [1.54, 1.807) is 25.2 Å². The lowest BCUT2D eigenvalue weighted by Crippen LogP contribution is -2.25. The van der Waals surface area contributed by atoms with Gasteiger partial charge in [0.1, 0.15) is 11.4 Å². The summed E-state index contributed by atoms with van der Waals surface area (Å²) in [6, 6.07) is 6.07. The third kappa shape index (κ3) is 2.74. The van der Waals surface area contributed by atoms with Gasteiger partial charge in [-0.2, -0.15) is 0 Å². The first kappa shape index (κ1) is 17.3. The quantitative estimate of drug-likeness (QED) is 0.461. The van der Waals surface area contributed by atoms with E-state index in [-0.39, 0.29) is 23.7 Å². The highest BCUT2D eigenvalue weighted by atomic mass is 16.4. The molecular formula is C17H13N5O6. The number of amides is 1. The first-order valence-electron chi connectivity index (χ1n) is 8.02. The molecule has 1 amide bonds. The van der Waals surface area contributed by atoms with E-state index in [9.17, 15) is 24.6 Å². The fraction of sp³-hybridized carbons (Fsp3) is 0.118. The van der Waals surface area contributed by atoms with Gasteiger partial charge in [0.25, 0.3) is 5.91 Å². The fourth-order valence-corrected chi connectivity index (χ4v) is 2.81. The number of nitrogens with one attached hydrogen (secondary N) is 1. The van der Waals surface area contributed by atoms with Crippen molar-refractivity contribution in [1.29, 1.82) is 0 Å². The maximum absolute atomic E-state index is 12.4. The van der Waals surface area contributed by atoms with Gasteiger partial charge >= 0.3 is 11.7 Å². The molecule has 0 saturated carbocycles. The minimum Gasteiger partial charge on any atom is -0.493 e. The zero-order valence-electron chi connectivity index (χ0n) is 14.4. The molecule has 0 radical (unpaired) electrons. The lowest BCUT2D eigenvalue weighted by Gasteiger charge is -2.07. The second-order valence-electron chi connectivity index (χ2n) is 6.00. The van der Waals surface area contributed by atoms with Crippen LogP contribution in [0.3, 0.4) is 0 Å². The first-order valence-corrected chi connectivity index (χ1v) is 8.02. The van der Waals surface area contributed by atoms with E-state index in [1.165, 1.54) is 4.57 Å². The Morgan fingerprint density at radius 2 is 2.07 bits per heavy atom. The Morgan fingerprint density at radius 1 is 1.29 bits per heavy atom. The molecule has 11 nitrogen and oxygen atoms in total. The average Bonchev–Trinajstić information content (AvgIpc) is 3.19. The van der Waals surface area contributed by atoms with Crippen LogP contribution in [0.25, 0.3) is 16.9 Å². The Balaban J connectivity index is 1.61. The Kier molecular flexibility index (Phi) is 3.84. The molecule has 0 spiro atoms. The van der Waals surface area contributed by atoms with E-state index in [2.05, 4.69) is 15.3 Å². The van der Waals surface area contributed by atoms with Crippen LogP contribution in [-0.2, 0) is 13.6 Å². The molecular weight excluding hydrogens is 370 g/mol. The van der Waals surface area contributed by atoms with Crippen molar-refractivity contribution in [1.82, 2.24) is 24.3 Å². The number of rotatable bonds is 4. The molecule has 3 aromatic heterocycles. The molecule has 28 heavy (non-hydrogen) atoms. The summed E-state index contributed by atoms with van der Waals surface area (Å²) < 4.78 is 7.32. The van der Waals surface area contributed by atoms with Gasteiger partial charge in [-0.05, 0) is 17.7 Å². The number of benzene rings is 1. The molecule has 4 aromatic rings. The second-order valence-corrected chi connectivity index (χ2v) is 6.00. The van der Waals surface area contributed by atoms with Crippen molar-refractivity contribution >= 4 is 28.8 Å². The normalized spacial score (nSPS) is 11.2. The Hall–Kier alpha value is -4.15. The largest absolute Gasteiger partial charge is 0.493 e. The molecule has 3 heterocycles. The number of fused-ring (bicyclic) bond motifs is 2. The van der Waals surface area contributed by atoms with Crippen molar-refractivity contribution in [2.75, 3.05) is 0 Å². The van der Waals surface area contributed by atoms with E-state index >= 15 is 0 Å². The molecule has 0 bridgehead atoms. The maximum Gasteiger partial charge on any atom is 0.419 e. The summed E-state index contributed by atoms with van der Waals surface area (Å²) in [4.78, 5) is 43.2. The van der Waals surface area contributed by atoms with Crippen LogP contribution in [0.4, 0.5) is 0 Å². The van der Waals surface area contributed by atoms with Gasteiger partial charge in [0.2, 0.25) is 11.7 Å². The first-order chi connectivity index (χ1) is 13.3. The third-order valence-electron chi connectivity index (χ3n) is 4.22. The summed E-state index contributed by atoms with van der Waals surface area (Å²) in [5.41, 5.74) is 1.21. The lowest BCUT2D eigenvalue weighted by molar-refractivity contribution is 0.0687. The molecule has 0 atom stereocenters. The molecule has 0 unspecified atom stereocenters. The number of carbonyl (C=O) groups is 2. The van der Waals surface area contributed by atoms with Gasteiger partial charge in [0.05, 0.1) is 11.7 Å². The van der Waals surface area contributed by atoms with E-state index < -0.39 is 23.5 Å². The van der Waals surface area contributed by atoms with E-state index in [1.807, 2.05) is 0 Å². The standard InChI is InChI=1S/C17H13N5O6/c1-21-10-4-8(2-3-12(10)28-17(21)27)6-18-14(24)9-5-11(15(25)26)22-13(23)7-19-16(22)20-9/h2-5,7,23H,6H2,1H3,(H,18,24)(H,25,26). The van der Waals surface area contributed by atoms with Crippen LogP contribution in [0.5, 0.6) is 5.88 Å². The van der Waals surface area contributed by atoms with Crippen LogP contribution in [-0.4, -0.2) is 41.0 Å². The summed E-state index contributed by atoms with van der Waals surface area (Å²) in [6.45, 7) is 0.114. The number of imidazole rings is 1. The molecule has 142 valence electrons. The number of aromatic carboxylic acids is 1. The number of aryl methyl sites for hydroxylation is 1. The second kappa shape index (κ2) is 6.23. The average molecular weight is 383 g/mol. The minimum atomic E-state index is -1.35. The molecule has 4 rings (SSSR count). The van der Waals surface area contributed by atoms with Gasteiger partial charge in [0, 0.05) is 19.7 Å². The summed E-state index contributed by atoms with van der Waals surface area (Å²) in [5, 5.41) is 21.6. The molecule has 0 saturated heterocycles.